The van der Waals surface area contributed by atoms with Crippen molar-refractivity contribution in [1.29, 1.82) is 0 Å². The van der Waals surface area contributed by atoms with Crippen LogP contribution in [-0.4, -0.2) is 43.2 Å². The van der Waals surface area contributed by atoms with Crippen molar-refractivity contribution in [3.8, 4) is 0 Å². The summed E-state index contributed by atoms with van der Waals surface area (Å²) in [7, 11) is 1.90. The highest BCUT2D eigenvalue weighted by Crippen LogP contribution is 2.24. The van der Waals surface area contributed by atoms with Crippen molar-refractivity contribution < 1.29 is 4.79 Å². The standard InChI is InChI=1S/C16H25N3OS/c1-12(2)17-16(20)18(3)13-7-9-19(10-8-13)14-5-4-6-15(21)11-14/h4-6,11-13,21H,7-10H2,1-3H3,(H,17,20). The molecule has 2 amide bonds. The van der Waals surface area contributed by atoms with Crippen molar-refractivity contribution in [2.75, 3.05) is 25.0 Å². The summed E-state index contributed by atoms with van der Waals surface area (Å²) in [5.74, 6) is 0. The van der Waals surface area contributed by atoms with Gasteiger partial charge in [0.25, 0.3) is 0 Å². The van der Waals surface area contributed by atoms with E-state index >= 15 is 0 Å². The Morgan fingerprint density at radius 2 is 2.05 bits per heavy atom. The van der Waals surface area contributed by atoms with Gasteiger partial charge in [-0.1, -0.05) is 6.07 Å². The molecule has 0 aliphatic carbocycles. The van der Waals surface area contributed by atoms with Gasteiger partial charge in [0.15, 0.2) is 0 Å². The molecule has 116 valence electrons. The second-order valence-electron chi connectivity index (χ2n) is 5.95. The van der Waals surface area contributed by atoms with Gasteiger partial charge in [-0.15, -0.1) is 12.6 Å². The highest BCUT2D eigenvalue weighted by Gasteiger charge is 2.25. The molecular weight excluding hydrogens is 282 g/mol. The lowest BCUT2D eigenvalue weighted by Gasteiger charge is -2.38. The Balaban J connectivity index is 1.89. The number of thiol groups is 1. The summed E-state index contributed by atoms with van der Waals surface area (Å²) < 4.78 is 0. The van der Waals surface area contributed by atoms with Gasteiger partial charge in [-0.25, -0.2) is 4.79 Å². The summed E-state index contributed by atoms with van der Waals surface area (Å²) in [5.41, 5.74) is 1.22. The molecule has 5 heteroatoms. The average molecular weight is 307 g/mol. The summed E-state index contributed by atoms with van der Waals surface area (Å²) in [6, 6.07) is 8.77. The van der Waals surface area contributed by atoms with E-state index in [1.807, 2.05) is 37.9 Å². The molecule has 1 aliphatic heterocycles. The minimum absolute atomic E-state index is 0.0285. The molecule has 1 aromatic rings. The second kappa shape index (κ2) is 7.07. The molecule has 4 nitrogen and oxygen atoms in total. The molecule has 0 bridgehead atoms. The molecule has 1 fully saturated rings. The topological polar surface area (TPSA) is 35.6 Å². The van der Waals surface area contributed by atoms with Gasteiger partial charge in [-0.2, -0.15) is 0 Å². The minimum Gasteiger partial charge on any atom is -0.371 e. The van der Waals surface area contributed by atoms with Crippen LogP contribution >= 0.6 is 12.6 Å². The summed E-state index contributed by atoms with van der Waals surface area (Å²) in [6.07, 6.45) is 2.00. The van der Waals surface area contributed by atoms with Crippen LogP contribution in [0.1, 0.15) is 26.7 Å². The smallest absolute Gasteiger partial charge is 0.317 e. The zero-order chi connectivity index (χ0) is 15.4. The monoisotopic (exact) mass is 307 g/mol. The highest BCUT2D eigenvalue weighted by atomic mass is 32.1. The third-order valence-corrected chi connectivity index (χ3v) is 4.22. The van der Waals surface area contributed by atoms with Gasteiger partial charge in [-0.05, 0) is 44.9 Å². The Hall–Kier alpha value is -1.36. The maximum absolute atomic E-state index is 12.0. The van der Waals surface area contributed by atoms with Crippen LogP contribution in [0.3, 0.4) is 0 Å². The number of amides is 2. The van der Waals surface area contributed by atoms with Crippen LogP contribution in [-0.2, 0) is 0 Å². The molecule has 2 rings (SSSR count). The van der Waals surface area contributed by atoms with Crippen LogP contribution in [0.2, 0.25) is 0 Å². The van der Waals surface area contributed by atoms with Gasteiger partial charge in [0.2, 0.25) is 0 Å². The van der Waals surface area contributed by atoms with Crippen LogP contribution in [0.25, 0.3) is 0 Å². The number of hydrogen-bond acceptors (Lipinski definition) is 3. The van der Waals surface area contributed by atoms with Gasteiger partial charge in [-0.3, -0.25) is 0 Å². The zero-order valence-electron chi connectivity index (χ0n) is 13.0. The number of benzene rings is 1. The predicted octanol–water partition coefficient (Wildman–Crippen LogP) is 2.99. The minimum atomic E-state index is 0.0285. The summed E-state index contributed by atoms with van der Waals surface area (Å²) in [6.45, 7) is 5.92. The van der Waals surface area contributed by atoms with Crippen LogP contribution in [0.15, 0.2) is 29.2 Å². The summed E-state index contributed by atoms with van der Waals surface area (Å²) >= 11 is 4.39. The first-order valence-electron chi connectivity index (χ1n) is 7.54. The molecule has 21 heavy (non-hydrogen) atoms. The summed E-state index contributed by atoms with van der Waals surface area (Å²) in [4.78, 5) is 17.2. The van der Waals surface area contributed by atoms with E-state index in [0.29, 0.717) is 6.04 Å². The lowest BCUT2D eigenvalue weighted by molar-refractivity contribution is 0.177. The van der Waals surface area contributed by atoms with Crippen LogP contribution in [0, 0.1) is 0 Å². The number of nitrogens with zero attached hydrogens (tertiary/aromatic N) is 2. The predicted molar refractivity (Wildman–Crippen MR) is 90.4 cm³/mol. The molecule has 0 aromatic heterocycles. The van der Waals surface area contributed by atoms with Crippen molar-refractivity contribution in [2.24, 2.45) is 0 Å². The summed E-state index contributed by atoms with van der Waals surface area (Å²) in [5, 5.41) is 2.95. The Bertz CT molecular complexity index is 484. The van der Waals surface area contributed by atoms with E-state index in [-0.39, 0.29) is 12.1 Å². The molecule has 0 radical (unpaired) electrons. The largest absolute Gasteiger partial charge is 0.371 e. The fourth-order valence-electron chi connectivity index (χ4n) is 2.72. The average Bonchev–Trinajstić information content (AvgIpc) is 2.46. The van der Waals surface area contributed by atoms with E-state index in [1.54, 1.807) is 0 Å². The van der Waals surface area contributed by atoms with E-state index in [9.17, 15) is 4.79 Å². The molecule has 0 unspecified atom stereocenters. The van der Waals surface area contributed by atoms with Gasteiger partial charge < -0.3 is 15.1 Å². The number of urea groups is 1. The van der Waals surface area contributed by atoms with Gasteiger partial charge >= 0.3 is 6.03 Å². The second-order valence-corrected chi connectivity index (χ2v) is 6.47. The lowest BCUT2D eigenvalue weighted by atomic mass is 10.0. The number of rotatable bonds is 3. The number of nitrogens with one attached hydrogen (secondary N) is 1. The van der Waals surface area contributed by atoms with E-state index < -0.39 is 0 Å². The first-order valence-corrected chi connectivity index (χ1v) is 7.99. The lowest BCUT2D eigenvalue weighted by Crippen LogP contribution is -2.50. The van der Waals surface area contributed by atoms with Crippen molar-refractivity contribution in [2.45, 2.75) is 43.7 Å². The normalized spacial score (nSPS) is 16.1. The first-order chi connectivity index (χ1) is 9.97. The van der Waals surface area contributed by atoms with E-state index in [1.165, 1.54) is 5.69 Å². The molecule has 1 aliphatic rings. The van der Waals surface area contributed by atoms with E-state index in [4.69, 9.17) is 0 Å². The molecule has 1 saturated heterocycles. The fraction of sp³-hybridized carbons (Fsp3) is 0.562. The maximum atomic E-state index is 12.0. The molecule has 0 saturated carbocycles. The van der Waals surface area contributed by atoms with Gasteiger partial charge in [0.1, 0.15) is 0 Å². The van der Waals surface area contributed by atoms with Gasteiger partial charge in [0, 0.05) is 42.8 Å². The number of hydrogen-bond donors (Lipinski definition) is 2. The molecule has 1 aromatic carbocycles. The number of anilines is 1. The van der Waals surface area contributed by atoms with Crippen molar-refractivity contribution in [3.05, 3.63) is 24.3 Å². The van der Waals surface area contributed by atoms with Crippen molar-refractivity contribution in [3.63, 3.8) is 0 Å². The molecule has 1 N–H and O–H groups in total. The van der Waals surface area contributed by atoms with Crippen molar-refractivity contribution in [1.82, 2.24) is 10.2 Å². The molecule has 1 heterocycles. The van der Waals surface area contributed by atoms with Crippen molar-refractivity contribution >= 4 is 24.3 Å². The van der Waals surface area contributed by atoms with Gasteiger partial charge in [0.05, 0.1) is 0 Å². The van der Waals surface area contributed by atoms with E-state index in [0.717, 1.165) is 30.8 Å². The zero-order valence-corrected chi connectivity index (χ0v) is 13.9. The Morgan fingerprint density at radius 1 is 1.38 bits per heavy atom. The first kappa shape index (κ1) is 16.0. The van der Waals surface area contributed by atoms with E-state index in [2.05, 4.69) is 35.0 Å². The Labute approximate surface area is 132 Å². The fourth-order valence-corrected chi connectivity index (χ4v) is 2.93. The molecule has 0 atom stereocenters. The van der Waals surface area contributed by atoms with Crippen LogP contribution in [0.5, 0.6) is 0 Å². The number of piperidine rings is 1. The number of carbonyl (C=O) groups is 1. The Kier molecular flexibility index (Phi) is 5.39. The molecule has 0 spiro atoms. The third-order valence-electron chi connectivity index (χ3n) is 3.94. The SMILES string of the molecule is CC(C)NC(=O)N(C)C1CCN(c2cccc(S)c2)CC1. The number of carbonyl (C=O) groups excluding carboxylic acids is 1. The molecular formula is C16H25N3OS. The maximum Gasteiger partial charge on any atom is 0.317 e. The highest BCUT2D eigenvalue weighted by molar-refractivity contribution is 7.80. The quantitative estimate of drug-likeness (QED) is 0.842. The van der Waals surface area contributed by atoms with Crippen LogP contribution in [0.4, 0.5) is 10.5 Å². The van der Waals surface area contributed by atoms with Crippen LogP contribution < -0.4 is 10.2 Å². The Morgan fingerprint density at radius 3 is 2.62 bits per heavy atom. The third kappa shape index (κ3) is 4.30.